The molecule has 31 heavy (non-hydrogen) atoms. The number of piperidine rings is 1. The Morgan fingerprint density at radius 3 is 2.48 bits per heavy atom. The largest absolute Gasteiger partial charge is 0.493 e. The van der Waals surface area contributed by atoms with E-state index < -0.39 is 0 Å². The number of hydrogen-bond acceptors (Lipinski definition) is 4. The van der Waals surface area contributed by atoms with Gasteiger partial charge >= 0.3 is 0 Å². The topological polar surface area (TPSA) is 67.9 Å². The molecule has 2 amide bonds. The van der Waals surface area contributed by atoms with E-state index >= 15 is 0 Å². The van der Waals surface area contributed by atoms with Crippen molar-refractivity contribution < 1.29 is 19.1 Å². The summed E-state index contributed by atoms with van der Waals surface area (Å²) in [5, 5.41) is 2.84. The quantitative estimate of drug-likeness (QED) is 0.653. The first-order chi connectivity index (χ1) is 15.0. The standard InChI is InChI=1S/C25H30N2O4/c1-18(2)31-22-13-11-19(17-23(22)30-3)12-14-24(28)26-21-10-6-5-9-20(21)25(29)27-15-7-4-8-16-27/h5-6,9-14,17-18H,4,7-8,15-16H2,1-3H3,(H,26,28)/b14-12+. The molecule has 164 valence electrons. The summed E-state index contributed by atoms with van der Waals surface area (Å²) in [4.78, 5) is 27.3. The fourth-order valence-corrected chi connectivity index (χ4v) is 3.53. The number of para-hydroxylation sites is 1. The lowest BCUT2D eigenvalue weighted by atomic mass is 10.1. The first-order valence-corrected chi connectivity index (χ1v) is 10.7. The molecule has 1 fully saturated rings. The monoisotopic (exact) mass is 422 g/mol. The molecule has 0 saturated carbocycles. The van der Waals surface area contributed by atoms with Crippen molar-refractivity contribution in [2.24, 2.45) is 0 Å². The third-order valence-electron chi connectivity index (χ3n) is 5.04. The molecule has 3 rings (SSSR count). The maximum atomic E-state index is 12.9. The number of carbonyl (C=O) groups excluding carboxylic acids is 2. The number of benzene rings is 2. The first kappa shape index (κ1) is 22.4. The van der Waals surface area contributed by atoms with Gasteiger partial charge in [0, 0.05) is 19.2 Å². The Morgan fingerprint density at radius 2 is 1.77 bits per heavy atom. The molecule has 2 aromatic carbocycles. The molecule has 1 saturated heterocycles. The van der Waals surface area contributed by atoms with Crippen LogP contribution in [0.25, 0.3) is 6.08 Å². The molecule has 0 unspecified atom stereocenters. The SMILES string of the molecule is COc1cc(/C=C/C(=O)Nc2ccccc2C(=O)N2CCCCC2)ccc1OC(C)C. The molecule has 2 aromatic rings. The predicted octanol–water partition coefficient (Wildman–Crippen LogP) is 4.76. The zero-order valence-electron chi connectivity index (χ0n) is 18.4. The molecule has 1 N–H and O–H groups in total. The molecule has 0 aromatic heterocycles. The van der Waals surface area contributed by atoms with E-state index in [9.17, 15) is 9.59 Å². The van der Waals surface area contributed by atoms with Gasteiger partial charge in [-0.3, -0.25) is 9.59 Å². The maximum absolute atomic E-state index is 12.9. The van der Waals surface area contributed by atoms with Gasteiger partial charge in [-0.05, 0) is 69.0 Å². The molecule has 1 aliphatic heterocycles. The van der Waals surface area contributed by atoms with E-state index in [1.54, 1.807) is 25.3 Å². The number of amides is 2. The summed E-state index contributed by atoms with van der Waals surface area (Å²) in [5.41, 5.74) is 1.84. The van der Waals surface area contributed by atoms with E-state index in [0.717, 1.165) is 37.9 Å². The van der Waals surface area contributed by atoms with Gasteiger partial charge < -0.3 is 19.7 Å². The van der Waals surface area contributed by atoms with Gasteiger partial charge in [0.05, 0.1) is 24.5 Å². The molecule has 6 nitrogen and oxygen atoms in total. The number of nitrogens with zero attached hydrogens (tertiary/aromatic N) is 1. The Bertz CT molecular complexity index is 946. The lowest BCUT2D eigenvalue weighted by molar-refractivity contribution is -0.111. The average molecular weight is 423 g/mol. The molecule has 6 heteroatoms. The van der Waals surface area contributed by atoms with Crippen LogP contribution in [0.5, 0.6) is 11.5 Å². The van der Waals surface area contributed by atoms with Crippen LogP contribution in [0.4, 0.5) is 5.69 Å². The fourth-order valence-electron chi connectivity index (χ4n) is 3.53. The van der Waals surface area contributed by atoms with E-state index in [2.05, 4.69) is 5.32 Å². The van der Waals surface area contributed by atoms with E-state index in [1.807, 2.05) is 49.1 Å². The van der Waals surface area contributed by atoms with Crippen molar-refractivity contribution in [2.45, 2.75) is 39.2 Å². The second-order valence-electron chi connectivity index (χ2n) is 7.80. The summed E-state index contributed by atoms with van der Waals surface area (Å²) in [7, 11) is 1.58. The minimum absolute atomic E-state index is 0.0359. The number of methoxy groups -OCH3 is 1. The highest BCUT2D eigenvalue weighted by atomic mass is 16.5. The van der Waals surface area contributed by atoms with Crippen molar-refractivity contribution >= 4 is 23.6 Å². The maximum Gasteiger partial charge on any atom is 0.255 e. The van der Waals surface area contributed by atoms with Crippen molar-refractivity contribution in [1.82, 2.24) is 4.90 Å². The molecule has 0 spiro atoms. The van der Waals surface area contributed by atoms with Crippen molar-refractivity contribution in [3.05, 3.63) is 59.7 Å². The van der Waals surface area contributed by atoms with Crippen molar-refractivity contribution in [1.29, 1.82) is 0 Å². The van der Waals surface area contributed by atoms with Gasteiger partial charge in [0.15, 0.2) is 11.5 Å². The molecule has 0 atom stereocenters. The second kappa shape index (κ2) is 10.7. The Hall–Kier alpha value is -3.28. The second-order valence-corrected chi connectivity index (χ2v) is 7.80. The molecular weight excluding hydrogens is 392 g/mol. The summed E-state index contributed by atoms with van der Waals surface area (Å²) in [5.74, 6) is 0.920. The van der Waals surface area contributed by atoms with Crippen molar-refractivity contribution in [3.8, 4) is 11.5 Å². The van der Waals surface area contributed by atoms with E-state index in [1.165, 1.54) is 6.08 Å². The lowest BCUT2D eigenvalue weighted by Gasteiger charge is -2.27. The van der Waals surface area contributed by atoms with E-state index in [-0.39, 0.29) is 17.9 Å². The van der Waals surface area contributed by atoms with Crippen LogP contribution in [-0.2, 0) is 4.79 Å². The van der Waals surface area contributed by atoms with E-state index in [0.29, 0.717) is 22.7 Å². The molecule has 0 aliphatic carbocycles. The zero-order valence-corrected chi connectivity index (χ0v) is 18.4. The number of anilines is 1. The van der Waals surface area contributed by atoms with E-state index in [4.69, 9.17) is 9.47 Å². The van der Waals surface area contributed by atoms with Crippen LogP contribution in [0, 0.1) is 0 Å². The van der Waals surface area contributed by atoms with Crippen molar-refractivity contribution in [2.75, 3.05) is 25.5 Å². The predicted molar refractivity (Wildman–Crippen MR) is 123 cm³/mol. The normalized spacial score (nSPS) is 14.0. The number of rotatable bonds is 7. The number of ether oxygens (including phenoxy) is 2. The lowest BCUT2D eigenvalue weighted by Crippen LogP contribution is -2.36. The van der Waals surface area contributed by atoms with Gasteiger partial charge in [0.2, 0.25) is 5.91 Å². The molecule has 1 heterocycles. The van der Waals surface area contributed by atoms with Crippen LogP contribution in [0.1, 0.15) is 49.0 Å². The highest BCUT2D eigenvalue weighted by molar-refractivity contribution is 6.07. The molecular formula is C25H30N2O4. The Kier molecular flexibility index (Phi) is 7.70. The number of nitrogens with one attached hydrogen (secondary N) is 1. The summed E-state index contributed by atoms with van der Waals surface area (Å²) in [6, 6.07) is 12.6. The van der Waals surface area contributed by atoms with Gasteiger partial charge in [-0.1, -0.05) is 18.2 Å². The Balaban J connectivity index is 1.70. The highest BCUT2D eigenvalue weighted by Gasteiger charge is 2.20. The minimum Gasteiger partial charge on any atom is -0.493 e. The van der Waals surface area contributed by atoms with Crippen LogP contribution < -0.4 is 14.8 Å². The van der Waals surface area contributed by atoms with Gasteiger partial charge in [-0.15, -0.1) is 0 Å². The van der Waals surface area contributed by atoms with Gasteiger partial charge in [-0.25, -0.2) is 0 Å². The highest BCUT2D eigenvalue weighted by Crippen LogP contribution is 2.29. The smallest absolute Gasteiger partial charge is 0.255 e. The van der Waals surface area contributed by atoms with Crippen LogP contribution in [0.3, 0.4) is 0 Å². The summed E-state index contributed by atoms with van der Waals surface area (Å²) < 4.78 is 11.1. The molecule has 1 aliphatic rings. The van der Waals surface area contributed by atoms with Crippen LogP contribution in [-0.4, -0.2) is 43.0 Å². The summed E-state index contributed by atoms with van der Waals surface area (Å²) in [6.07, 6.45) is 6.38. The molecule has 0 radical (unpaired) electrons. The van der Waals surface area contributed by atoms with Crippen LogP contribution in [0.15, 0.2) is 48.5 Å². The summed E-state index contributed by atoms with van der Waals surface area (Å²) >= 11 is 0. The number of hydrogen-bond donors (Lipinski definition) is 1. The van der Waals surface area contributed by atoms with Crippen LogP contribution >= 0.6 is 0 Å². The Labute approximate surface area is 183 Å². The first-order valence-electron chi connectivity index (χ1n) is 10.7. The third-order valence-corrected chi connectivity index (χ3v) is 5.04. The fraction of sp³-hybridized carbons (Fsp3) is 0.360. The van der Waals surface area contributed by atoms with Gasteiger partial charge in [0.25, 0.3) is 5.91 Å². The third kappa shape index (κ3) is 6.10. The Morgan fingerprint density at radius 1 is 1.03 bits per heavy atom. The zero-order chi connectivity index (χ0) is 22.2. The molecule has 0 bridgehead atoms. The number of likely N-dealkylation sites (tertiary alicyclic amines) is 1. The van der Waals surface area contributed by atoms with Crippen LogP contribution in [0.2, 0.25) is 0 Å². The number of carbonyl (C=O) groups is 2. The van der Waals surface area contributed by atoms with Crippen molar-refractivity contribution in [3.63, 3.8) is 0 Å². The van der Waals surface area contributed by atoms with Gasteiger partial charge in [-0.2, -0.15) is 0 Å². The average Bonchev–Trinajstić information content (AvgIpc) is 2.78. The van der Waals surface area contributed by atoms with Gasteiger partial charge in [0.1, 0.15) is 0 Å². The summed E-state index contributed by atoms with van der Waals surface area (Å²) in [6.45, 7) is 5.43. The minimum atomic E-state index is -0.305.